The molecule has 2 atom stereocenters. The summed E-state index contributed by atoms with van der Waals surface area (Å²) in [5.74, 6) is 0.729. The number of aliphatic carboxylic acids is 1. The average Bonchev–Trinajstić information content (AvgIpc) is 3.38. The van der Waals surface area contributed by atoms with Crippen molar-refractivity contribution in [3.05, 3.63) is 41.2 Å². The summed E-state index contributed by atoms with van der Waals surface area (Å²) in [6, 6.07) is 5.54. The molecule has 3 aromatic rings. The Bertz CT molecular complexity index is 1170. The molecule has 9 nitrogen and oxygen atoms in total. The van der Waals surface area contributed by atoms with Gasteiger partial charge in [-0.1, -0.05) is 6.07 Å². The molecule has 5 rings (SSSR count). The van der Waals surface area contributed by atoms with Crippen LogP contribution in [0.3, 0.4) is 0 Å². The maximum Gasteiger partial charge on any atom is 0.326 e. The van der Waals surface area contributed by atoms with E-state index in [4.69, 9.17) is 9.72 Å². The Labute approximate surface area is 215 Å². The van der Waals surface area contributed by atoms with Crippen LogP contribution in [0, 0.1) is 0 Å². The minimum atomic E-state index is -0.904. The standard InChI is InChI=1S/C26H34N6O3S/c33-26(34)22(31-25-23-21(10-15-36-23)28-17-29-25)9-14-35-20-6-3-13-32(16-20)12-2-5-19-8-7-18-4-1-11-27-24(18)30-19/h7-8,10,15,17,20,22H,1-6,9,11-14,16H2,(H,27,30)(H,33,34)(H,28,29,31)/t20?,22-/m1/s1. The van der Waals surface area contributed by atoms with Crippen LogP contribution in [-0.2, 0) is 22.4 Å². The largest absolute Gasteiger partial charge is 0.480 e. The number of ether oxygens (including phenoxy) is 1. The number of pyridine rings is 1. The summed E-state index contributed by atoms with van der Waals surface area (Å²) >= 11 is 1.50. The van der Waals surface area contributed by atoms with Crippen molar-refractivity contribution >= 4 is 39.2 Å². The predicted octanol–water partition coefficient (Wildman–Crippen LogP) is 3.81. The molecule has 2 aliphatic rings. The topological polar surface area (TPSA) is 112 Å². The van der Waals surface area contributed by atoms with Gasteiger partial charge in [-0.2, -0.15) is 0 Å². The number of aromatic nitrogens is 3. The lowest BCUT2D eigenvalue weighted by atomic mass is 10.1. The molecule has 3 N–H and O–H groups in total. The molecule has 0 saturated carbocycles. The van der Waals surface area contributed by atoms with Crippen LogP contribution in [0.2, 0.25) is 0 Å². The Balaban J connectivity index is 1.05. The van der Waals surface area contributed by atoms with Crippen LogP contribution >= 0.6 is 11.3 Å². The number of piperidine rings is 1. The van der Waals surface area contributed by atoms with E-state index in [0.717, 1.165) is 80.0 Å². The Morgan fingerprint density at radius 1 is 1.31 bits per heavy atom. The minimum Gasteiger partial charge on any atom is -0.480 e. The molecule has 2 aliphatic heterocycles. The van der Waals surface area contributed by atoms with E-state index >= 15 is 0 Å². The average molecular weight is 511 g/mol. The molecule has 3 aromatic heterocycles. The summed E-state index contributed by atoms with van der Waals surface area (Å²) in [5, 5.41) is 18.1. The first-order valence-electron chi connectivity index (χ1n) is 12.9. The van der Waals surface area contributed by atoms with Crippen molar-refractivity contribution in [1.82, 2.24) is 19.9 Å². The zero-order valence-electron chi connectivity index (χ0n) is 20.5. The lowest BCUT2D eigenvalue weighted by Gasteiger charge is -2.32. The second-order valence-corrected chi connectivity index (χ2v) is 10.5. The zero-order chi connectivity index (χ0) is 24.7. The lowest BCUT2D eigenvalue weighted by molar-refractivity contribution is -0.138. The van der Waals surface area contributed by atoms with Crippen LogP contribution in [0.15, 0.2) is 29.9 Å². The van der Waals surface area contributed by atoms with Crippen molar-refractivity contribution in [2.75, 3.05) is 43.4 Å². The number of rotatable bonds is 11. The summed E-state index contributed by atoms with van der Waals surface area (Å²) in [7, 11) is 0. The third-order valence-electron chi connectivity index (χ3n) is 6.93. The molecular formula is C26H34N6O3S. The number of aryl methyl sites for hydroxylation is 2. The Hall–Kier alpha value is -2.82. The van der Waals surface area contributed by atoms with Gasteiger partial charge in [0.25, 0.3) is 0 Å². The summed E-state index contributed by atoms with van der Waals surface area (Å²) in [6.07, 6.45) is 8.44. The van der Waals surface area contributed by atoms with Gasteiger partial charge < -0.3 is 25.4 Å². The molecule has 192 valence electrons. The normalized spacial score (nSPS) is 18.9. The Kier molecular flexibility index (Phi) is 8.25. The highest BCUT2D eigenvalue weighted by Gasteiger charge is 2.23. The number of fused-ring (bicyclic) bond motifs is 2. The monoisotopic (exact) mass is 510 g/mol. The molecule has 1 saturated heterocycles. The highest BCUT2D eigenvalue weighted by Crippen LogP contribution is 2.26. The second-order valence-electron chi connectivity index (χ2n) is 9.56. The number of thiophene rings is 1. The van der Waals surface area contributed by atoms with Gasteiger partial charge in [0.05, 0.1) is 16.3 Å². The first-order valence-corrected chi connectivity index (χ1v) is 13.8. The van der Waals surface area contributed by atoms with Crippen molar-refractivity contribution in [3.8, 4) is 0 Å². The van der Waals surface area contributed by atoms with Crippen LogP contribution in [0.4, 0.5) is 11.6 Å². The first kappa shape index (κ1) is 24.9. The van der Waals surface area contributed by atoms with Crippen LogP contribution in [0.1, 0.15) is 43.4 Å². The Morgan fingerprint density at radius 3 is 3.17 bits per heavy atom. The van der Waals surface area contributed by atoms with Crippen molar-refractivity contribution in [1.29, 1.82) is 0 Å². The maximum atomic E-state index is 11.9. The summed E-state index contributed by atoms with van der Waals surface area (Å²) < 4.78 is 7.00. The number of anilines is 2. The molecule has 0 aromatic carbocycles. The molecule has 1 unspecified atom stereocenters. The van der Waals surface area contributed by atoms with Gasteiger partial charge in [-0.15, -0.1) is 11.3 Å². The van der Waals surface area contributed by atoms with Gasteiger partial charge in [-0.05, 0) is 74.7 Å². The van der Waals surface area contributed by atoms with Gasteiger partial charge in [-0.25, -0.2) is 19.7 Å². The molecule has 5 heterocycles. The third kappa shape index (κ3) is 6.29. The molecule has 0 amide bonds. The zero-order valence-corrected chi connectivity index (χ0v) is 21.3. The molecule has 0 bridgehead atoms. The number of carboxylic acid groups (broad SMARTS) is 1. The van der Waals surface area contributed by atoms with E-state index in [9.17, 15) is 9.90 Å². The fraction of sp³-hybridized carbons (Fsp3) is 0.538. The van der Waals surface area contributed by atoms with Gasteiger partial charge in [-0.3, -0.25) is 0 Å². The van der Waals surface area contributed by atoms with Crippen LogP contribution < -0.4 is 10.6 Å². The highest BCUT2D eigenvalue weighted by atomic mass is 32.1. The molecule has 0 aliphatic carbocycles. The number of carboxylic acids is 1. The maximum absolute atomic E-state index is 11.9. The molecule has 0 radical (unpaired) electrons. The summed E-state index contributed by atoms with van der Waals surface area (Å²) in [6.45, 7) is 4.42. The summed E-state index contributed by atoms with van der Waals surface area (Å²) in [4.78, 5) is 27.6. The van der Waals surface area contributed by atoms with Gasteiger partial charge in [0, 0.05) is 31.8 Å². The van der Waals surface area contributed by atoms with E-state index in [1.807, 2.05) is 11.4 Å². The SMILES string of the molecule is O=C(O)[C@@H](CCOC1CCCN(CCCc2ccc3c(n2)NCCC3)C1)Nc1ncnc2ccsc12. The van der Waals surface area contributed by atoms with E-state index in [-0.39, 0.29) is 6.10 Å². The number of nitrogens with one attached hydrogen (secondary N) is 2. The molecule has 10 heteroatoms. The number of hydrogen-bond donors (Lipinski definition) is 3. The van der Waals surface area contributed by atoms with Gasteiger partial charge in [0.2, 0.25) is 0 Å². The molecular weight excluding hydrogens is 476 g/mol. The van der Waals surface area contributed by atoms with Gasteiger partial charge in [0.15, 0.2) is 0 Å². The van der Waals surface area contributed by atoms with E-state index in [1.54, 1.807) is 0 Å². The van der Waals surface area contributed by atoms with Crippen molar-refractivity contribution in [2.24, 2.45) is 0 Å². The van der Waals surface area contributed by atoms with Gasteiger partial charge >= 0.3 is 5.97 Å². The van der Waals surface area contributed by atoms with Crippen LogP contribution in [0.5, 0.6) is 0 Å². The number of nitrogens with zero attached hydrogens (tertiary/aromatic N) is 4. The number of hydrogen-bond acceptors (Lipinski definition) is 9. The third-order valence-corrected chi connectivity index (χ3v) is 7.84. The van der Waals surface area contributed by atoms with E-state index < -0.39 is 12.0 Å². The fourth-order valence-electron chi connectivity index (χ4n) is 5.01. The smallest absolute Gasteiger partial charge is 0.326 e. The fourth-order valence-corrected chi connectivity index (χ4v) is 5.81. The summed E-state index contributed by atoms with van der Waals surface area (Å²) in [5.41, 5.74) is 3.31. The molecule has 36 heavy (non-hydrogen) atoms. The molecule has 1 fully saturated rings. The minimum absolute atomic E-state index is 0.141. The van der Waals surface area contributed by atoms with E-state index in [2.05, 4.69) is 37.6 Å². The lowest BCUT2D eigenvalue weighted by Crippen LogP contribution is -2.41. The number of likely N-dealkylation sites (tertiary alicyclic amines) is 1. The van der Waals surface area contributed by atoms with E-state index in [1.165, 1.54) is 29.6 Å². The van der Waals surface area contributed by atoms with E-state index in [0.29, 0.717) is 18.8 Å². The predicted molar refractivity (Wildman–Crippen MR) is 142 cm³/mol. The van der Waals surface area contributed by atoms with Crippen LogP contribution in [-0.4, -0.2) is 75.9 Å². The first-order chi connectivity index (χ1) is 17.7. The highest BCUT2D eigenvalue weighted by molar-refractivity contribution is 7.17. The quantitative estimate of drug-likeness (QED) is 0.354. The van der Waals surface area contributed by atoms with Crippen molar-refractivity contribution < 1.29 is 14.6 Å². The van der Waals surface area contributed by atoms with Crippen molar-refractivity contribution in [3.63, 3.8) is 0 Å². The number of carbonyl (C=O) groups is 1. The van der Waals surface area contributed by atoms with Gasteiger partial charge in [0.1, 0.15) is 24.0 Å². The van der Waals surface area contributed by atoms with Crippen molar-refractivity contribution in [2.45, 2.75) is 57.1 Å². The Morgan fingerprint density at radius 2 is 2.25 bits per heavy atom. The second kappa shape index (κ2) is 11.9. The molecule has 0 spiro atoms. The van der Waals surface area contributed by atoms with Crippen LogP contribution in [0.25, 0.3) is 10.2 Å².